The van der Waals surface area contributed by atoms with E-state index in [1.165, 1.54) is 42.4 Å². The van der Waals surface area contributed by atoms with Crippen LogP contribution < -0.4 is 10.6 Å². The van der Waals surface area contributed by atoms with Crippen molar-refractivity contribution in [3.63, 3.8) is 0 Å². The van der Waals surface area contributed by atoms with Crippen LogP contribution in [0.5, 0.6) is 0 Å². The molecule has 2 aromatic rings. The van der Waals surface area contributed by atoms with Gasteiger partial charge in [-0.15, -0.1) is 10.2 Å². The van der Waals surface area contributed by atoms with Crippen LogP contribution in [-0.2, 0) is 12.8 Å². The van der Waals surface area contributed by atoms with Crippen molar-refractivity contribution in [3.8, 4) is 11.3 Å². The molecule has 2 aliphatic rings. The maximum atomic E-state index is 5.97. The lowest BCUT2D eigenvalue weighted by molar-refractivity contribution is 0.497. The Bertz CT molecular complexity index is 672. The highest BCUT2D eigenvalue weighted by atomic mass is 15.3. The predicted molar refractivity (Wildman–Crippen MR) is 93.5 cm³/mol. The number of nitrogens with two attached hydrogens (primary N) is 1. The SMILES string of the molecule is NC1CCN(c2ccc(-c3ccc4c(c3)CCCC4)nn2)CC1. The number of piperidine rings is 1. The van der Waals surface area contributed by atoms with Gasteiger partial charge in [-0.05, 0) is 67.9 Å². The van der Waals surface area contributed by atoms with Crippen LogP contribution in [-0.4, -0.2) is 29.3 Å². The highest BCUT2D eigenvalue weighted by molar-refractivity contribution is 5.62. The van der Waals surface area contributed by atoms with Crippen molar-refractivity contribution in [2.75, 3.05) is 18.0 Å². The first kappa shape index (κ1) is 14.6. The monoisotopic (exact) mass is 308 g/mol. The molecule has 1 saturated heterocycles. The molecule has 1 fully saturated rings. The second-order valence-corrected chi connectivity index (χ2v) is 6.79. The van der Waals surface area contributed by atoms with E-state index in [0.29, 0.717) is 6.04 Å². The number of aryl methyl sites for hydroxylation is 2. The molecule has 1 aromatic carbocycles. The minimum atomic E-state index is 0.342. The lowest BCUT2D eigenvalue weighted by Crippen LogP contribution is -2.40. The number of rotatable bonds is 2. The number of anilines is 1. The number of aromatic nitrogens is 2. The van der Waals surface area contributed by atoms with Gasteiger partial charge in [0.25, 0.3) is 0 Å². The van der Waals surface area contributed by atoms with Crippen molar-refractivity contribution >= 4 is 5.82 Å². The van der Waals surface area contributed by atoms with Gasteiger partial charge in [-0.2, -0.15) is 0 Å². The maximum Gasteiger partial charge on any atom is 0.151 e. The van der Waals surface area contributed by atoms with Crippen LogP contribution >= 0.6 is 0 Å². The topological polar surface area (TPSA) is 55.0 Å². The van der Waals surface area contributed by atoms with E-state index >= 15 is 0 Å². The van der Waals surface area contributed by atoms with Gasteiger partial charge in [0.05, 0.1) is 5.69 Å². The van der Waals surface area contributed by atoms with Gasteiger partial charge in [-0.3, -0.25) is 0 Å². The first-order valence-corrected chi connectivity index (χ1v) is 8.76. The van der Waals surface area contributed by atoms with Crippen molar-refractivity contribution < 1.29 is 0 Å². The Morgan fingerprint density at radius 3 is 2.43 bits per heavy atom. The molecular formula is C19H24N4. The Balaban J connectivity index is 1.54. The molecule has 0 unspecified atom stereocenters. The van der Waals surface area contributed by atoms with Crippen molar-refractivity contribution in [1.82, 2.24) is 10.2 Å². The molecule has 0 spiro atoms. The molecule has 1 aliphatic carbocycles. The minimum absolute atomic E-state index is 0.342. The molecule has 0 bridgehead atoms. The highest BCUT2D eigenvalue weighted by Gasteiger charge is 2.18. The summed E-state index contributed by atoms with van der Waals surface area (Å²) < 4.78 is 0. The maximum absolute atomic E-state index is 5.97. The Morgan fingerprint density at radius 2 is 1.70 bits per heavy atom. The third-order valence-corrected chi connectivity index (χ3v) is 5.16. The van der Waals surface area contributed by atoms with Crippen LogP contribution in [0.25, 0.3) is 11.3 Å². The molecule has 0 radical (unpaired) electrons. The van der Waals surface area contributed by atoms with Crippen LogP contribution in [0.3, 0.4) is 0 Å². The smallest absolute Gasteiger partial charge is 0.151 e. The van der Waals surface area contributed by atoms with E-state index < -0.39 is 0 Å². The molecule has 0 amide bonds. The molecule has 120 valence electrons. The molecule has 4 heteroatoms. The van der Waals surface area contributed by atoms with E-state index in [9.17, 15) is 0 Å². The van der Waals surface area contributed by atoms with Crippen LogP contribution in [0, 0.1) is 0 Å². The summed E-state index contributed by atoms with van der Waals surface area (Å²) in [5, 5.41) is 8.92. The molecule has 23 heavy (non-hydrogen) atoms. The third kappa shape index (κ3) is 3.08. The van der Waals surface area contributed by atoms with Crippen molar-refractivity contribution in [3.05, 3.63) is 41.5 Å². The minimum Gasteiger partial charge on any atom is -0.355 e. The average molecular weight is 308 g/mol. The molecular weight excluding hydrogens is 284 g/mol. The van der Waals surface area contributed by atoms with E-state index in [0.717, 1.165) is 37.4 Å². The summed E-state index contributed by atoms with van der Waals surface area (Å²) in [5.41, 5.74) is 11.1. The average Bonchev–Trinajstić information content (AvgIpc) is 2.62. The standard InChI is InChI=1S/C19H24N4/c20-17-9-11-23(12-10-17)19-8-7-18(21-22-19)16-6-5-14-3-1-2-4-15(14)13-16/h5-8,13,17H,1-4,9-12,20H2. The van der Waals surface area contributed by atoms with Crippen LogP contribution in [0.15, 0.2) is 30.3 Å². The lowest BCUT2D eigenvalue weighted by atomic mass is 9.90. The Labute approximate surface area is 137 Å². The summed E-state index contributed by atoms with van der Waals surface area (Å²) in [4.78, 5) is 2.28. The summed E-state index contributed by atoms with van der Waals surface area (Å²) in [6, 6.07) is 11.3. The molecule has 1 aromatic heterocycles. The van der Waals surface area contributed by atoms with Gasteiger partial charge in [0, 0.05) is 24.7 Å². The first-order chi connectivity index (χ1) is 11.3. The summed E-state index contributed by atoms with van der Waals surface area (Å²) >= 11 is 0. The predicted octanol–water partition coefficient (Wildman–Crippen LogP) is 2.95. The second kappa shape index (κ2) is 6.28. The molecule has 0 atom stereocenters. The van der Waals surface area contributed by atoms with E-state index in [1.54, 1.807) is 0 Å². The van der Waals surface area contributed by atoms with Gasteiger partial charge in [-0.25, -0.2) is 0 Å². The molecule has 4 nitrogen and oxygen atoms in total. The van der Waals surface area contributed by atoms with Gasteiger partial charge in [0.2, 0.25) is 0 Å². The van der Waals surface area contributed by atoms with E-state index in [4.69, 9.17) is 5.73 Å². The van der Waals surface area contributed by atoms with Crippen LogP contribution in [0.2, 0.25) is 0 Å². The Hall–Kier alpha value is -1.94. The third-order valence-electron chi connectivity index (χ3n) is 5.16. The van der Waals surface area contributed by atoms with Gasteiger partial charge in [0.1, 0.15) is 0 Å². The Kier molecular flexibility index (Phi) is 4.00. The summed E-state index contributed by atoms with van der Waals surface area (Å²) in [6.45, 7) is 1.96. The quantitative estimate of drug-likeness (QED) is 0.927. The van der Waals surface area contributed by atoms with E-state index in [1.807, 2.05) is 0 Å². The first-order valence-electron chi connectivity index (χ1n) is 8.76. The number of nitrogens with zero attached hydrogens (tertiary/aromatic N) is 3. The van der Waals surface area contributed by atoms with Gasteiger partial charge in [0.15, 0.2) is 5.82 Å². The van der Waals surface area contributed by atoms with E-state index in [-0.39, 0.29) is 0 Å². The van der Waals surface area contributed by atoms with E-state index in [2.05, 4.69) is 45.4 Å². The highest BCUT2D eigenvalue weighted by Crippen LogP contribution is 2.27. The summed E-state index contributed by atoms with van der Waals surface area (Å²) in [7, 11) is 0. The van der Waals surface area contributed by atoms with Gasteiger partial charge >= 0.3 is 0 Å². The molecule has 2 N–H and O–H groups in total. The lowest BCUT2D eigenvalue weighted by Gasteiger charge is -2.30. The molecule has 0 saturated carbocycles. The van der Waals surface area contributed by atoms with Gasteiger partial charge in [-0.1, -0.05) is 12.1 Å². The zero-order valence-electron chi connectivity index (χ0n) is 13.5. The number of benzene rings is 1. The molecule has 2 heterocycles. The fourth-order valence-electron chi connectivity index (χ4n) is 3.67. The number of hydrogen-bond acceptors (Lipinski definition) is 4. The summed E-state index contributed by atoms with van der Waals surface area (Å²) in [6.07, 6.45) is 7.11. The van der Waals surface area contributed by atoms with Crippen molar-refractivity contribution in [1.29, 1.82) is 0 Å². The van der Waals surface area contributed by atoms with Crippen LogP contribution in [0.1, 0.15) is 36.8 Å². The fourth-order valence-corrected chi connectivity index (χ4v) is 3.67. The molecule has 1 aliphatic heterocycles. The summed E-state index contributed by atoms with van der Waals surface area (Å²) in [5.74, 6) is 0.971. The van der Waals surface area contributed by atoms with Crippen molar-refractivity contribution in [2.24, 2.45) is 5.73 Å². The van der Waals surface area contributed by atoms with Crippen molar-refractivity contribution in [2.45, 2.75) is 44.6 Å². The second-order valence-electron chi connectivity index (χ2n) is 6.79. The number of fused-ring (bicyclic) bond motifs is 1. The van der Waals surface area contributed by atoms with Crippen LogP contribution in [0.4, 0.5) is 5.82 Å². The fraction of sp³-hybridized carbons (Fsp3) is 0.474. The van der Waals surface area contributed by atoms with Gasteiger partial charge < -0.3 is 10.6 Å². The largest absolute Gasteiger partial charge is 0.355 e. The Morgan fingerprint density at radius 1 is 0.913 bits per heavy atom. The number of hydrogen-bond donors (Lipinski definition) is 1. The normalized spacial score (nSPS) is 18.7. The zero-order valence-corrected chi connectivity index (χ0v) is 13.5. The molecule has 4 rings (SSSR count). The zero-order chi connectivity index (χ0) is 15.6.